The molecular formula is C13H10N2O6S. The van der Waals surface area contributed by atoms with Crippen molar-refractivity contribution in [2.75, 3.05) is 6.61 Å². The molecule has 1 N–H and O–H groups in total. The highest BCUT2D eigenvalue weighted by molar-refractivity contribution is 7.19. The van der Waals surface area contributed by atoms with Gasteiger partial charge in [0.15, 0.2) is 0 Å². The SMILES string of the molecule is CCOC(=O)c1sc2nc3oc(=O)cc(O)c3c(=O)n2c1C. The number of aromatic nitrogens is 2. The molecule has 0 unspecified atom stereocenters. The molecule has 9 heteroatoms. The number of rotatable bonds is 2. The lowest BCUT2D eigenvalue weighted by Gasteiger charge is -2.01. The van der Waals surface area contributed by atoms with Crippen molar-refractivity contribution >= 4 is 33.4 Å². The van der Waals surface area contributed by atoms with Gasteiger partial charge in [0.25, 0.3) is 5.56 Å². The summed E-state index contributed by atoms with van der Waals surface area (Å²) in [5, 5.41) is 9.57. The summed E-state index contributed by atoms with van der Waals surface area (Å²) in [5.41, 5.74) is -1.36. The standard InChI is InChI=1S/C13H10N2O6S/c1-3-20-12(19)9-5(2)15-11(18)8-6(16)4-7(17)21-10(8)14-13(15)22-9/h4,16H,3H2,1-2H3. The van der Waals surface area contributed by atoms with E-state index in [2.05, 4.69) is 4.98 Å². The number of nitrogens with zero attached hydrogens (tertiary/aromatic N) is 2. The van der Waals surface area contributed by atoms with Gasteiger partial charge in [-0.3, -0.25) is 9.20 Å². The van der Waals surface area contributed by atoms with Gasteiger partial charge >= 0.3 is 11.6 Å². The van der Waals surface area contributed by atoms with Crippen LogP contribution in [0.3, 0.4) is 0 Å². The monoisotopic (exact) mass is 322 g/mol. The summed E-state index contributed by atoms with van der Waals surface area (Å²) in [5.74, 6) is -1.08. The van der Waals surface area contributed by atoms with E-state index in [1.54, 1.807) is 13.8 Å². The molecule has 3 rings (SSSR count). The van der Waals surface area contributed by atoms with Crippen LogP contribution in [0.1, 0.15) is 22.3 Å². The van der Waals surface area contributed by atoms with E-state index in [9.17, 15) is 19.5 Å². The highest BCUT2D eigenvalue weighted by Crippen LogP contribution is 2.24. The Morgan fingerprint density at radius 1 is 1.50 bits per heavy atom. The summed E-state index contributed by atoms with van der Waals surface area (Å²) < 4.78 is 10.9. The number of hydrogen-bond acceptors (Lipinski definition) is 8. The van der Waals surface area contributed by atoms with E-state index in [4.69, 9.17) is 9.15 Å². The van der Waals surface area contributed by atoms with Gasteiger partial charge in [-0.25, -0.2) is 9.59 Å². The highest BCUT2D eigenvalue weighted by atomic mass is 32.1. The van der Waals surface area contributed by atoms with Crippen LogP contribution in [0.4, 0.5) is 0 Å². The zero-order valence-electron chi connectivity index (χ0n) is 11.6. The Bertz CT molecular complexity index is 1030. The number of esters is 1. The minimum Gasteiger partial charge on any atom is -0.507 e. The van der Waals surface area contributed by atoms with Crippen molar-refractivity contribution in [1.82, 2.24) is 9.38 Å². The molecule has 0 atom stereocenters. The second-order valence-electron chi connectivity index (χ2n) is 4.40. The predicted octanol–water partition coefficient (Wildman–Crippen LogP) is 1.05. The fraction of sp³-hybridized carbons (Fsp3) is 0.231. The number of hydrogen-bond donors (Lipinski definition) is 1. The van der Waals surface area contributed by atoms with Crippen molar-refractivity contribution in [3.63, 3.8) is 0 Å². The Morgan fingerprint density at radius 2 is 2.23 bits per heavy atom. The van der Waals surface area contributed by atoms with E-state index in [1.807, 2.05) is 0 Å². The molecule has 114 valence electrons. The summed E-state index contributed by atoms with van der Waals surface area (Å²) in [6.07, 6.45) is 0. The van der Waals surface area contributed by atoms with E-state index in [0.717, 1.165) is 17.4 Å². The maximum Gasteiger partial charge on any atom is 0.350 e. The molecule has 0 saturated carbocycles. The Balaban J connectivity index is 2.44. The molecule has 0 saturated heterocycles. The maximum atomic E-state index is 12.5. The van der Waals surface area contributed by atoms with Gasteiger partial charge in [0.05, 0.1) is 18.4 Å². The number of aryl methyl sites for hydroxylation is 1. The van der Waals surface area contributed by atoms with Crippen LogP contribution in [0.25, 0.3) is 16.1 Å². The minimum atomic E-state index is -0.819. The van der Waals surface area contributed by atoms with Gasteiger partial charge in [-0.05, 0) is 13.8 Å². The molecule has 0 aromatic carbocycles. The number of fused-ring (bicyclic) bond motifs is 2. The molecular weight excluding hydrogens is 312 g/mol. The Kier molecular flexibility index (Phi) is 3.21. The van der Waals surface area contributed by atoms with Crippen LogP contribution in [0.15, 0.2) is 20.1 Å². The average Bonchev–Trinajstić information content (AvgIpc) is 2.75. The van der Waals surface area contributed by atoms with E-state index < -0.39 is 22.9 Å². The van der Waals surface area contributed by atoms with Crippen molar-refractivity contribution in [2.24, 2.45) is 0 Å². The van der Waals surface area contributed by atoms with Crippen molar-refractivity contribution in [1.29, 1.82) is 0 Å². The van der Waals surface area contributed by atoms with E-state index in [-0.39, 0.29) is 27.5 Å². The fourth-order valence-corrected chi connectivity index (χ4v) is 3.10. The van der Waals surface area contributed by atoms with Crippen molar-refractivity contribution < 1.29 is 19.1 Å². The number of carbonyl (C=O) groups excluding carboxylic acids is 1. The molecule has 0 amide bonds. The Hall–Kier alpha value is -2.68. The molecule has 0 aliphatic heterocycles. The van der Waals surface area contributed by atoms with Gasteiger partial charge in [-0.1, -0.05) is 11.3 Å². The van der Waals surface area contributed by atoms with Crippen LogP contribution in [-0.2, 0) is 4.74 Å². The van der Waals surface area contributed by atoms with Crippen LogP contribution < -0.4 is 11.2 Å². The molecule has 3 heterocycles. The van der Waals surface area contributed by atoms with Crippen LogP contribution in [0.2, 0.25) is 0 Å². The Labute approximate surface area is 126 Å². The lowest BCUT2D eigenvalue weighted by molar-refractivity contribution is 0.0531. The van der Waals surface area contributed by atoms with Gasteiger partial charge < -0.3 is 14.3 Å². The molecule has 3 aromatic rings. The molecule has 0 fully saturated rings. The van der Waals surface area contributed by atoms with Gasteiger partial charge in [0.1, 0.15) is 16.0 Å². The first-order valence-electron chi connectivity index (χ1n) is 6.30. The molecule has 0 bridgehead atoms. The smallest absolute Gasteiger partial charge is 0.350 e. The van der Waals surface area contributed by atoms with Crippen molar-refractivity contribution in [2.45, 2.75) is 13.8 Å². The first-order chi connectivity index (χ1) is 10.4. The summed E-state index contributed by atoms with van der Waals surface area (Å²) in [6.45, 7) is 3.44. The molecule has 0 aliphatic carbocycles. The topological polar surface area (TPSA) is 111 Å². The third kappa shape index (κ3) is 1.98. The van der Waals surface area contributed by atoms with Gasteiger partial charge in [0, 0.05) is 0 Å². The molecule has 0 aliphatic rings. The third-order valence-corrected chi connectivity index (χ3v) is 4.17. The second kappa shape index (κ2) is 4.95. The highest BCUT2D eigenvalue weighted by Gasteiger charge is 2.21. The molecule has 0 radical (unpaired) electrons. The Morgan fingerprint density at radius 3 is 2.91 bits per heavy atom. The summed E-state index contributed by atoms with van der Waals surface area (Å²) in [4.78, 5) is 40.1. The van der Waals surface area contributed by atoms with E-state index in [0.29, 0.717) is 5.69 Å². The van der Waals surface area contributed by atoms with E-state index >= 15 is 0 Å². The maximum absolute atomic E-state index is 12.5. The van der Waals surface area contributed by atoms with Gasteiger partial charge in [-0.15, -0.1) is 0 Å². The van der Waals surface area contributed by atoms with Gasteiger partial charge in [-0.2, -0.15) is 4.98 Å². The normalized spacial score (nSPS) is 11.2. The summed E-state index contributed by atoms with van der Waals surface area (Å²) >= 11 is 0.946. The zero-order chi connectivity index (χ0) is 16.0. The minimum absolute atomic E-state index is 0.173. The first kappa shape index (κ1) is 14.3. The van der Waals surface area contributed by atoms with Crippen LogP contribution in [0.5, 0.6) is 5.75 Å². The summed E-state index contributed by atoms with van der Waals surface area (Å²) in [6, 6.07) is 0.797. The van der Waals surface area contributed by atoms with Crippen molar-refractivity contribution in [3.8, 4) is 5.75 Å². The number of thiazole rings is 1. The molecule has 22 heavy (non-hydrogen) atoms. The average molecular weight is 322 g/mol. The van der Waals surface area contributed by atoms with Crippen molar-refractivity contribution in [3.05, 3.63) is 37.4 Å². The summed E-state index contributed by atoms with van der Waals surface area (Å²) in [7, 11) is 0. The number of carbonyl (C=O) groups is 1. The molecule has 8 nitrogen and oxygen atoms in total. The first-order valence-corrected chi connectivity index (χ1v) is 7.11. The van der Waals surface area contributed by atoms with Crippen LogP contribution in [0, 0.1) is 6.92 Å². The number of ether oxygens (including phenoxy) is 1. The molecule has 3 aromatic heterocycles. The lowest BCUT2D eigenvalue weighted by atomic mass is 10.3. The van der Waals surface area contributed by atoms with Gasteiger partial charge in [0.2, 0.25) is 10.7 Å². The van der Waals surface area contributed by atoms with Crippen LogP contribution in [-0.4, -0.2) is 27.1 Å². The largest absolute Gasteiger partial charge is 0.507 e. The lowest BCUT2D eigenvalue weighted by Crippen LogP contribution is -2.17. The molecule has 0 spiro atoms. The third-order valence-electron chi connectivity index (χ3n) is 3.05. The second-order valence-corrected chi connectivity index (χ2v) is 5.38. The zero-order valence-corrected chi connectivity index (χ0v) is 12.4. The quantitative estimate of drug-likeness (QED) is 0.702. The number of aromatic hydroxyl groups is 1. The fourth-order valence-electron chi connectivity index (χ4n) is 2.10. The predicted molar refractivity (Wildman–Crippen MR) is 77.7 cm³/mol. The van der Waals surface area contributed by atoms with E-state index in [1.165, 1.54) is 4.40 Å². The van der Waals surface area contributed by atoms with Crippen LogP contribution >= 0.6 is 11.3 Å².